The highest BCUT2D eigenvalue weighted by molar-refractivity contribution is 7.44. The molecule has 6 atom stereocenters. The van der Waals surface area contributed by atoms with Crippen LogP contribution in [0.15, 0.2) is 0 Å². The zero-order chi connectivity index (χ0) is 16.8. The smallest absolute Gasteiger partial charge is 0.251 e. The lowest BCUT2D eigenvalue weighted by Crippen LogP contribution is -2.43. The highest BCUT2D eigenvalue weighted by Gasteiger charge is 2.44. The van der Waals surface area contributed by atoms with Gasteiger partial charge in [-0.3, -0.25) is 4.39 Å². The van der Waals surface area contributed by atoms with Crippen molar-refractivity contribution in [1.82, 2.24) is 0 Å². The minimum absolute atomic E-state index is 0.376. The van der Waals surface area contributed by atoms with Crippen molar-refractivity contribution in [3.63, 3.8) is 0 Å². The van der Waals surface area contributed by atoms with Gasteiger partial charge in [-0.25, -0.2) is 26.3 Å². The molecular formula is C11H17Cl2F7Si. The molecule has 0 heterocycles. The highest BCUT2D eigenvalue weighted by atomic mass is 35.7. The third-order valence-electron chi connectivity index (χ3n) is 2.77. The molecule has 0 aliphatic rings. The van der Waals surface area contributed by atoms with Crippen LogP contribution >= 0.6 is 22.2 Å². The van der Waals surface area contributed by atoms with Crippen LogP contribution in [-0.4, -0.2) is 50.4 Å². The van der Waals surface area contributed by atoms with E-state index in [4.69, 9.17) is 22.2 Å². The SMILES string of the molecule is C[Si](Cl)(Cl)CC(F)C(F)C(F)C(F)C(F)C(F)CCCF. The van der Waals surface area contributed by atoms with Gasteiger partial charge in [0, 0.05) is 6.04 Å². The standard InChI is InChI=1S/C11H17Cl2F7Si/c1-21(12,13)5-7(16)9(18)11(20)10(19)8(17)6(15)3-2-4-14/h6-11H,2-5H2,1H3. The fourth-order valence-electron chi connectivity index (χ4n) is 1.64. The van der Waals surface area contributed by atoms with E-state index in [-0.39, 0.29) is 6.42 Å². The van der Waals surface area contributed by atoms with E-state index in [1.54, 1.807) is 0 Å². The Bertz CT molecular complexity index is 292. The van der Waals surface area contributed by atoms with Gasteiger partial charge in [-0.15, -0.1) is 22.2 Å². The first-order chi connectivity index (χ1) is 9.51. The maximum atomic E-state index is 13.4. The maximum absolute atomic E-state index is 13.4. The van der Waals surface area contributed by atoms with Crippen molar-refractivity contribution in [2.75, 3.05) is 6.67 Å². The fraction of sp³-hybridized carbons (Fsp3) is 1.00. The summed E-state index contributed by atoms with van der Waals surface area (Å²) in [4.78, 5) is 0. The molecule has 0 amide bonds. The third-order valence-corrected chi connectivity index (χ3v) is 4.80. The van der Waals surface area contributed by atoms with Crippen LogP contribution in [0.5, 0.6) is 0 Å². The van der Waals surface area contributed by atoms with Crippen molar-refractivity contribution in [3.05, 3.63) is 0 Å². The first-order valence-corrected chi connectivity index (χ1v) is 11.0. The minimum atomic E-state index is -3.19. The maximum Gasteiger partial charge on any atom is 0.251 e. The number of hydrogen-bond donors (Lipinski definition) is 0. The average molecular weight is 381 g/mol. The van der Waals surface area contributed by atoms with Crippen molar-refractivity contribution in [2.24, 2.45) is 0 Å². The molecule has 0 rings (SSSR count). The summed E-state index contributed by atoms with van der Waals surface area (Å²) >= 11 is 11.1. The second-order valence-electron chi connectivity index (χ2n) is 4.92. The van der Waals surface area contributed by atoms with Gasteiger partial charge in [-0.05, 0) is 19.4 Å². The van der Waals surface area contributed by atoms with E-state index in [2.05, 4.69) is 0 Å². The Balaban J connectivity index is 4.56. The zero-order valence-corrected chi connectivity index (χ0v) is 13.7. The van der Waals surface area contributed by atoms with Crippen molar-refractivity contribution >= 4 is 28.9 Å². The average Bonchev–Trinajstić information content (AvgIpc) is 2.39. The van der Waals surface area contributed by atoms with Gasteiger partial charge >= 0.3 is 0 Å². The summed E-state index contributed by atoms with van der Waals surface area (Å²) in [5.41, 5.74) is 0. The first kappa shape index (κ1) is 21.3. The third kappa shape index (κ3) is 7.92. The Labute approximate surface area is 129 Å². The molecule has 0 aromatic heterocycles. The molecule has 128 valence electrons. The summed E-state index contributed by atoms with van der Waals surface area (Å²) in [5.74, 6) is 0. The molecule has 10 heteroatoms. The molecule has 0 bridgehead atoms. The lowest BCUT2D eigenvalue weighted by molar-refractivity contribution is -0.0187. The molecule has 6 unspecified atom stereocenters. The van der Waals surface area contributed by atoms with Gasteiger partial charge in [-0.1, -0.05) is 0 Å². The predicted octanol–water partition coefficient (Wildman–Crippen LogP) is 5.31. The fourth-order valence-corrected chi connectivity index (χ4v) is 3.43. The molecule has 21 heavy (non-hydrogen) atoms. The van der Waals surface area contributed by atoms with Gasteiger partial charge in [0.1, 0.15) is 12.3 Å². The molecule has 0 radical (unpaired) electrons. The van der Waals surface area contributed by atoms with Crippen LogP contribution in [0.25, 0.3) is 0 Å². The van der Waals surface area contributed by atoms with Crippen molar-refractivity contribution in [1.29, 1.82) is 0 Å². The molecule has 0 aromatic carbocycles. The van der Waals surface area contributed by atoms with Crippen molar-refractivity contribution in [2.45, 2.75) is 62.5 Å². The van der Waals surface area contributed by atoms with Crippen LogP contribution in [0.1, 0.15) is 12.8 Å². The Morgan fingerprint density at radius 2 is 1.24 bits per heavy atom. The molecule has 0 aromatic rings. The van der Waals surface area contributed by atoms with E-state index in [0.29, 0.717) is 0 Å². The monoisotopic (exact) mass is 380 g/mol. The highest BCUT2D eigenvalue weighted by Crippen LogP contribution is 2.30. The van der Waals surface area contributed by atoms with Crippen LogP contribution in [0.4, 0.5) is 30.7 Å². The van der Waals surface area contributed by atoms with E-state index in [1.807, 2.05) is 0 Å². The lowest BCUT2D eigenvalue weighted by atomic mass is 10.00. The van der Waals surface area contributed by atoms with E-state index in [9.17, 15) is 30.7 Å². The van der Waals surface area contributed by atoms with Crippen LogP contribution in [-0.2, 0) is 0 Å². The van der Waals surface area contributed by atoms with Crippen molar-refractivity contribution in [3.8, 4) is 0 Å². The Kier molecular flexibility index (Phi) is 9.58. The topological polar surface area (TPSA) is 0 Å². The number of rotatable bonds is 10. The summed E-state index contributed by atoms with van der Waals surface area (Å²) in [6, 6.07) is -0.706. The number of alkyl halides is 7. The molecule has 0 spiro atoms. The molecule has 0 N–H and O–H groups in total. The van der Waals surface area contributed by atoms with Gasteiger partial charge < -0.3 is 0 Å². The van der Waals surface area contributed by atoms with Gasteiger partial charge in [0.25, 0.3) is 6.69 Å². The Morgan fingerprint density at radius 1 is 0.810 bits per heavy atom. The summed E-state index contributed by atoms with van der Waals surface area (Å²) in [6.07, 6.45) is -18.4. The zero-order valence-electron chi connectivity index (χ0n) is 11.2. The van der Waals surface area contributed by atoms with Crippen LogP contribution in [0.3, 0.4) is 0 Å². The molecular weight excluding hydrogens is 364 g/mol. The lowest BCUT2D eigenvalue weighted by Gasteiger charge is -2.25. The summed E-state index contributed by atoms with van der Waals surface area (Å²) < 4.78 is 91.8. The van der Waals surface area contributed by atoms with Gasteiger partial charge in [0.15, 0.2) is 24.7 Å². The molecule has 0 fully saturated rings. The second kappa shape index (κ2) is 9.45. The first-order valence-electron chi connectivity index (χ1n) is 6.29. The van der Waals surface area contributed by atoms with E-state index in [0.717, 1.165) is 0 Å². The van der Waals surface area contributed by atoms with Gasteiger partial charge in [0.2, 0.25) is 0 Å². The Hall–Kier alpha value is 0.307. The normalized spacial score (nSPS) is 21.4. The summed E-state index contributed by atoms with van der Waals surface area (Å²) in [6.45, 7) is -2.80. The van der Waals surface area contributed by atoms with Crippen LogP contribution < -0.4 is 0 Å². The van der Waals surface area contributed by atoms with Crippen LogP contribution in [0, 0.1) is 0 Å². The van der Waals surface area contributed by atoms with E-state index >= 15 is 0 Å². The number of halogens is 9. The predicted molar refractivity (Wildman–Crippen MR) is 72.7 cm³/mol. The van der Waals surface area contributed by atoms with E-state index in [1.165, 1.54) is 6.55 Å². The van der Waals surface area contributed by atoms with Gasteiger partial charge in [-0.2, -0.15) is 0 Å². The number of hydrogen-bond acceptors (Lipinski definition) is 0. The van der Waals surface area contributed by atoms with Gasteiger partial charge in [0.05, 0.1) is 6.67 Å². The van der Waals surface area contributed by atoms with E-state index < -0.39 is 62.9 Å². The molecule has 0 aliphatic heterocycles. The largest absolute Gasteiger partial charge is 0.251 e. The molecule has 0 saturated heterocycles. The summed E-state index contributed by atoms with van der Waals surface area (Å²) in [7, 11) is 0. The summed E-state index contributed by atoms with van der Waals surface area (Å²) in [5, 5.41) is 0. The van der Waals surface area contributed by atoms with Crippen LogP contribution in [0.2, 0.25) is 12.6 Å². The quantitative estimate of drug-likeness (QED) is 0.273. The molecule has 0 nitrogen and oxygen atoms in total. The van der Waals surface area contributed by atoms with Crippen molar-refractivity contribution < 1.29 is 30.7 Å². The Morgan fingerprint density at radius 3 is 1.62 bits per heavy atom. The molecule has 0 aliphatic carbocycles. The second-order valence-corrected chi connectivity index (χ2v) is 13.0. The minimum Gasteiger partial charge on any atom is -0.251 e. The molecule has 0 saturated carbocycles.